The third kappa shape index (κ3) is 3.18. The van der Waals surface area contributed by atoms with E-state index in [-0.39, 0.29) is 0 Å². The Kier molecular flexibility index (Phi) is 4.04. The van der Waals surface area contributed by atoms with Gasteiger partial charge in [-0.25, -0.2) is 15.0 Å². The summed E-state index contributed by atoms with van der Waals surface area (Å²) < 4.78 is 0. The predicted octanol–water partition coefficient (Wildman–Crippen LogP) is 2.64. The number of hydrogen-bond donors (Lipinski definition) is 3. The zero-order chi connectivity index (χ0) is 16.4. The van der Waals surface area contributed by atoms with Crippen LogP contribution in [0.15, 0.2) is 30.7 Å². The highest BCUT2D eigenvalue weighted by molar-refractivity contribution is 7.80. The number of hydrogen-bond acceptors (Lipinski definition) is 5. The first kappa shape index (κ1) is 14.9. The van der Waals surface area contributed by atoms with Gasteiger partial charge in [0.1, 0.15) is 17.0 Å². The number of nitrogens with one attached hydrogen (secondary N) is 3. The molecule has 122 valence electrons. The maximum atomic E-state index is 5.37. The number of pyridine rings is 1. The second-order valence-electron chi connectivity index (χ2n) is 5.81. The van der Waals surface area contributed by atoms with Crippen molar-refractivity contribution in [2.24, 2.45) is 0 Å². The monoisotopic (exact) mass is 339 g/mol. The molecule has 1 aliphatic rings. The van der Waals surface area contributed by atoms with E-state index in [4.69, 9.17) is 12.2 Å². The summed E-state index contributed by atoms with van der Waals surface area (Å²) in [7, 11) is 0. The first-order chi connectivity index (χ1) is 11.8. The predicted molar refractivity (Wildman–Crippen MR) is 96.5 cm³/mol. The van der Waals surface area contributed by atoms with Gasteiger partial charge in [0.25, 0.3) is 0 Å². The molecule has 0 spiro atoms. The second-order valence-corrected chi connectivity index (χ2v) is 6.22. The van der Waals surface area contributed by atoms with Gasteiger partial charge in [0.2, 0.25) is 0 Å². The van der Waals surface area contributed by atoms with E-state index in [1.165, 1.54) is 25.7 Å². The number of rotatable bonds is 3. The molecule has 8 heteroatoms. The summed E-state index contributed by atoms with van der Waals surface area (Å²) >= 11 is 5.37. The van der Waals surface area contributed by atoms with E-state index < -0.39 is 0 Å². The van der Waals surface area contributed by atoms with Crippen LogP contribution in [0.5, 0.6) is 0 Å². The van der Waals surface area contributed by atoms with Gasteiger partial charge in [-0.05, 0) is 37.2 Å². The zero-order valence-corrected chi connectivity index (χ0v) is 13.8. The standard InChI is InChI=1S/C16H17N7S/c24-16(20-10-3-1-2-4-10)23-13-6-5-11-15(22-13)21-12(9-19-11)14-17-7-8-18-14/h5-10H,1-4H2,(H,17,18)(H2,20,21,22,23,24). The molecule has 3 aromatic heterocycles. The lowest BCUT2D eigenvalue weighted by Gasteiger charge is -2.15. The molecule has 0 aromatic carbocycles. The van der Waals surface area contributed by atoms with Gasteiger partial charge >= 0.3 is 0 Å². The minimum absolute atomic E-state index is 0.468. The minimum Gasteiger partial charge on any atom is -0.360 e. The summed E-state index contributed by atoms with van der Waals surface area (Å²) in [6.07, 6.45) is 9.98. The highest BCUT2D eigenvalue weighted by Crippen LogP contribution is 2.18. The fraction of sp³-hybridized carbons (Fsp3) is 0.312. The Bertz CT molecular complexity index is 856. The lowest BCUT2D eigenvalue weighted by Crippen LogP contribution is -2.36. The largest absolute Gasteiger partial charge is 0.360 e. The molecule has 0 saturated heterocycles. The van der Waals surface area contributed by atoms with Crippen LogP contribution in [0.1, 0.15) is 25.7 Å². The second kappa shape index (κ2) is 6.48. The quantitative estimate of drug-likeness (QED) is 0.632. The van der Waals surface area contributed by atoms with Crippen LogP contribution < -0.4 is 10.6 Å². The van der Waals surface area contributed by atoms with E-state index >= 15 is 0 Å². The molecule has 3 N–H and O–H groups in total. The molecule has 0 aliphatic heterocycles. The van der Waals surface area contributed by atoms with Crippen LogP contribution in [-0.2, 0) is 0 Å². The lowest BCUT2D eigenvalue weighted by molar-refractivity contribution is 0.634. The van der Waals surface area contributed by atoms with Gasteiger partial charge < -0.3 is 15.6 Å². The van der Waals surface area contributed by atoms with E-state index in [2.05, 4.69) is 35.6 Å². The Morgan fingerprint density at radius 1 is 1.17 bits per heavy atom. The number of nitrogens with zero attached hydrogens (tertiary/aromatic N) is 4. The number of fused-ring (bicyclic) bond motifs is 1. The van der Waals surface area contributed by atoms with Crippen molar-refractivity contribution in [2.45, 2.75) is 31.7 Å². The van der Waals surface area contributed by atoms with Gasteiger partial charge in [-0.3, -0.25) is 4.98 Å². The third-order valence-electron chi connectivity index (χ3n) is 4.08. The molecule has 0 bridgehead atoms. The highest BCUT2D eigenvalue weighted by Gasteiger charge is 2.15. The van der Waals surface area contributed by atoms with Crippen molar-refractivity contribution in [1.82, 2.24) is 30.2 Å². The van der Waals surface area contributed by atoms with Crippen LogP contribution in [0.25, 0.3) is 22.7 Å². The molecular formula is C16H17N7S. The maximum Gasteiger partial charge on any atom is 0.180 e. The normalized spacial score (nSPS) is 14.8. The SMILES string of the molecule is S=C(Nc1ccc2ncc(-c3ncc[nH]3)nc2n1)NC1CCCC1. The summed E-state index contributed by atoms with van der Waals surface area (Å²) in [5.41, 5.74) is 1.94. The minimum atomic E-state index is 0.468. The number of imidazole rings is 1. The summed E-state index contributed by atoms with van der Waals surface area (Å²) in [4.78, 5) is 20.6. The number of aromatic nitrogens is 5. The van der Waals surface area contributed by atoms with E-state index in [1.807, 2.05) is 12.1 Å². The topological polar surface area (TPSA) is 91.4 Å². The molecule has 1 aliphatic carbocycles. The molecule has 3 heterocycles. The number of H-pyrrole nitrogens is 1. The van der Waals surface area contributed by atoms with Crippen LogP contribution in [0.4, 0.5) is 5.82 Å². The lowest BCUT2D eigenvalue weighted by atomic mass is 10.3. The molecule has 0 atom stereocenters. The molecule has 1 fully saturated rings. The molecule has 4 rings (SSSR count). The van der Waals surface area contributed by atoms with Gasteiger partial charge in [0, 0.05) is 18.4 Å². The van der Waals surface area contributed by atoms with Crippen LogP contribution in [-0.4, -0.2) is 36.1 Å². The average molecular weight is 339 g/mol. The Labute approximate surface area is 144 Å². The van der Waals surface area contributed by atoms with Crippen LogP contribution >= 0.6 is 12.2 Å². The Hall–Kier alpha value is -2.61. The van der Waals surface area contributed by atoms with Crippen molar-refractivity contribution >= 4 is 34.3 Å². The summed E-state index contributed by atoms with van der Waals surface area (Å²) in [6.45, 7) is 0. The molecule has 24 heavy (non-hydrogen) atoms. The molecule has 1 saturated carbocycles. The smallest absolute Gasteiger partial charge is 0.180 e. The van der Waals surface area contributed by atoms with Gasteiger partial charge in [-0.2, -0.15) is 0 Å². The van der Waals surface area contributed by atoms with E-state index in [0.29, 0.717) is 34.1 Å². The Morgan fingerprint density at radius 3 is 2.83 bits per heavy atom. The molecule has 0 radical (unpaired) electrons. The van der Waals surface area contributed by atoms with E-state index in [9.17, 15) is 0 Å². The van der Waals surface area contributed by atoms with Gasteiger partial charge in [-0.1, -0.05) is 12.8 Å². The average Bonchev–Trinajstić information content (AvgIpc) is 3.27. The van der Waals surface area contributed by atoms with E-state index in [1.54, 1.807) is 18.6 Å². The highest BCUT2D eigenvalue weighted by atomic mass is 32.1. The van der Waals surface area contributed by atoms with Crippen LogP contribution in [0, 0.1) is 0 Å². The first-order valence-electron chi connectivity index (χ1n) is 7.99. The van der Waals surface area contributed by atoms with Crippen LogP contribution in [0.2, 0.25) is 0 Å². The van der Waals surface area contributed by atoms with Crippen molar-refractivity contribution < 1.29 is 0 Å². The molecule has 0 amide bonds. The van der Waals surface area contributed by atoms with Gasteiger partial charge in [0.05, 0.1) is 6.20 Å². The zero-order valence-electron chi connectivity index (χ0n) is 13.0. The molecule has 3 aromatic rings. The fourth-order valence-electron chi connectivity index (χ4n) is 2.89. The van der Waals surface area contributed by atoms with Crippen molar-refractivity contribution in [1.29, 1.82) is 0 Å². The summed E-state index contributed by atoms with van der Waals surface area (Å²) in [5, 5.41) is 7.07. The van der Waals surface area contributed by atoms with E-state index in [0.717, 1.165) is 5.52 Å². The maximum absolute atomic E-state index is 5.37. The van der Waals surface area contributed by atoms with Gasteiger partial charge in [-0.15, -0.1) is 0 Å². The van der Waals surface area contributed by atoms with Crippen molar-refractivity contribution in [2.75, 3.05) is 5.32 Å². The molecule has 0 unspecified atom stereocenters. The number of aromatic amines is 1. The summed E-state index contributed by atoms with van der Waals surface area (Å²) in [5.74, 6) is 1.33. The molecule has 7 nitrogen and oxygen atoms in total. The van der Waals surface area contributed by atoms with Crippen molar-refractivity contribution in [3.63, 3.8) is 0 Å². The first-order valence-corrected chi connectivity index (χ1v) is 8.40. The van der Waals surface area contributed by atoms with Crippen molar-refractivity contribution in [3.05, 3.63) is 30.7 Å². The van der Waals surface area contributed by atoms with Gasteiger partial charge in [0.15, 0.2) is 16.6 Å². The number of thiocarbonyl (C=S) groups is 1. The fourth-order valence-corrected chi connectivity index (χ4v) is 3.17. The van der Waals surface area contributed by atoms with Crippen molar-refractivity contribution in [3.8, 4) is 11.5 Å². The number of anilines is 1. The summed E-state index contributed by atoms with van der Waals surface area (Å²) in [6, 6.07) is 4.20. The van der Waals surface area contributed by atoms with Crippen LogP contribution in [0.3, 0.4) is 0 Å². The third-order valence-corrected chi connectivity index (χ3v) is 4.30. The Morgan fingerprint density at radius 2 is 2.04 bits per heavy atom. The molecular weight excluding hydrogens is 322 g/mol. The Balaban J connectivity index is 1.54.